The summed E-state index contributed by atoms with van der Waals surface area (Å²) in [4.78, 5) is 24.5. The molecule has 0 atom stereocenters. The second-order valence-electron chi connectivity index (χ2n) is 3.66. The SMILES string of the molecule is O=C1CNCCN1C(=O)Nc1ccc(Br)cc1. The lowest BCUT2D eigenvalue weighted by atomic mass is 10.3. The Morgan fingerprint density at radius 2 is 2.06 bits per heavy atom. The number of anilines is 1. The Morgan fingerprint density at radius 1 is 1.35 bits per heavy atom. The van der Waals surface area contributed by atoms with Gasteiger partial charge >= 0.3 is 6.03 Å². The van der Waals surface area contributed by atoms with Gasteiger partial charge in [0, 0.05) is 23.2 Å². The Balaban J connectivity index is 2.00. The van der Waals surface area contributed by atoms with E-state index in [1.807, 2.05) is 12.1 Å². The summed E-state index contributed by atoms with van der Waals surface area (Å²) in [5.74, 6) is -0.203. The van der Waals surface area contributed by atoms with Gasteiger partial charge < -0.3 is 10.6 Å². The summed E-state index contributed by atoms with van der Waals surface area (Å²) >= 11 is 3.31. The zero-order valence-electron chi connectivity index (χ0n) is 9.07. The average molecular weight is 298 g/mol. The lowest BCUT2D eigenvalue weighted by Crippen LogP contribution is -2.52. The fourth-order valence-electron chi connectivity index (χ4n) is 1.55. The molecule has 2 N–H and O–H groups in total. The van der Waals surface area contributed by atoms with Crippen molar-refractivity contribution in [1.82, 2.24) is 10.2 Å². The van der Waals surface area contributed by atoms with Gasteiger partial charge in [0.15, 0.2) is 0 Å². The lowest BCUT2D eigenvalue weighted by molar-refractivity contribution is -0.128. The van der Waals surface area contributed by atoms with Crippen molar-refractivity contribution in [1.29, 1.82) is 0 Å². The van der Waals surface area contributed by atoms with Crippen LogP contribution in [0.4, 0.5) is 10.5 Å². The topological polar surface area (TPSA) is 61.4 Å². The molecule has 1 fully saturated rings. The molecule has 6 heteroatoms. The van der Waals surface area contributed by atoms with Gasteiger partial charge in [-0.25, -0.2) is 4.79 Å². The predicted molar refractivity (Wildman–Crippen MR) is 67.7 cm³/mol. The first-order valence-corrected chi connectivity index (χ1v) is 6.04. The summed E-state index contributed by atoms with van der Waals surface area (Å²) in [6, 6.07) is 6.83. The molecule has 1 heterocycles. The van der Waals surface area contributed by atoms with Crippen molar-refractivity contribution >= 4 is 33.6 Å². The van der Waals surface area contributed by atoms with Crippen molar-refractivity contribution in [2.24, 2.45) is 0 Å². The van der Waals surface area contributed by atoms with Gasteiger partial charge in [-0.15, -0.1) is 0 Å². The molecule has 1 aliphatic heterocycles. The number of carbonyl (C=O) groups is 2. The minimum Gasteiger partial charge on any atom is -0.307 e. The molecule has 3 amide bonds. The highest BCUT2D eigenvalue weighted by Crippen LogP contribution is 2.14. The van der Waals surface area contributed by atoms with Gasteiger partial charge in [-0.1, -0.05) is 15.9 Å². The summed E-state index contributed by atoms with van der Waals surface area (Å²) in [5, 5.41) is 5.60. The van der Waals surface area contributed by atoms with Crippen LogP contribution in [-0.2, 0) is 4.79 Å². The first kappa shape index (κ1) is 12.1. The molecule has 0 unspecified atom stereocenters. The maximum Gasteiger partial charge on any atom is 0.328 e. The molecule has 5 nitrogen and oxygen atoms in total. The molecule has 1 saturated heterocycles. The third kappa shape index (κ3) is 3.04. The molecule has 17 heavy (non-hydrogen) atoms. The third-order valence-electron chi connectivity index (χ3n) is 2.43. The second kappa shape index (κ2) is 5.29. The quantitative estimate of drug-likeness (QED) is 0.824. The molecule has 0 bridgehead atoms. The molecule has 1 aromatic carbocycles. The van der Waals surface area contributed by atoms with E-state index in [1.165, 1.54) is 4.90 Å². The highest BCUT2D eigenvalue weighted by molar-refractivity contribution is 9.10. The number of nitrogens with one attached hydrogen (secondary N) is 2. The third-order valence-corrected chi connectivity index (χ3v) is 2.96. The molecule has 0 aliphatic carbocycles. The molecule has 0 aromatic heterocycles. The van der Waals surface area contributed by atoms with Crippen molar-refractivity contribution in [2.75, 3.05) is 25.0 Å². The molecule has 0 radical (unpaired) electrons. The monoisotopic (exact) mass is 297 g/mol. The van der Waals surface area contributed by atoms with Crippen molar-refractivity contribution < 1.29 is 9.59 Å². The molecule has 1 aromatic rings. The van der Waals surface area contributed by atoms with Crippen molar-refractivity contribution in [3.63, 3.8) is 0 Å². The van der Waals surface area contributed by atoms with Gasteiger partial charge in [-0.2, -0.15) is 0 Å². The number of halogens is 1. The van der Waals surface area contributed by atoms with E-state index in [-0.39, 0.29) is 18.5 Å². The smallest absolute Gasteiger partial charge is 0.307 e. The van der Waals surface area contributed by atoms with E-state index >= 15 is 0 Å². The van der Waals surface area contributed by atoms with Crippen LogP contribution in [0.3, 0.4) is 0 Å². The highest BCUT2D eigenvalue weighted by Gasteiger charge is 2.23. The van der Waals surface area contributed by atoms with E-state index in [0.717, 1.165) is 4.47 Å². The average Bonchev–Trinajstić information content (AvgIpc) is 2.32. The number of nitrogens with zero attached hydrogens (tertiary/aromatic N) is 1. The molecule has 90 valence electrons. The molecular formula is C11H12BrN3O2. The minimum atomic E-state index is -0.376. The van der Waals surface area contributed by atoms with Gasteiger partial charge in [-0.05, 0) is 24.3 Å². The summed E-state index contributed by atoms with van der Waals surface area (Å²) in [6.45, 7) is 1.26. The lowest BCUT2D eigenvalue weighted by Gasteiger charge is -2.25. The van der Waals surface area contributed by atoms with Crippen LogP contribution in [0.25, 0.3) is 0 Å². The van der Waals surface area contributed by atoms with Crippen LogP contribution in [0.2, 0.25) is 0 Å². The molecule has 2 rings (SSSR count). The number of hydrogen-bond donors (Lipinski definition) is 2. The molecular weight excluding hydrogens is 286 g/mol. The fourth-order valence-corrected chi connectivity index (χ4v) is 1.81. The zero-order chi connectivity index (χ0) is 12.3. The maximum absolute atomic E-state index is 11.8. The van der Waals surface area contributed by atoms with Crippen LogP contribution in [0, 0.1) is 0 Å². The minimum absolute atomic E-state index is 0.203. The van der Waals surface area contributed by atoms with E-state index < -0.39 is 0 Å². The van der Waals surface area contributed by atoms with Gasteiger partial charge in [0.2, 0.25) is 5.91 Å². The van der Waals surface area contributed by atoms with Gasteiger partial charge in [0.1, 0.15) is 0 Å². The molecule has 0 spiro atoms. The van der Waals surface area contributed by atoms with Gasteiger partial charge in [0.05, 0.1) is 6.54 Å². The largest absolute Gasteiger partial charge is 0.328 e. The first-order chi connectivity index (χ1) is 8.16. The molecule has 1 aliphatic rings. The fraction of sp³-hybridized carbons (Fsp3) is 0.273. The Bertz CT molecular complexity index is 433. The van der Waals surface area contributed by atoms with Crippen LogP contribution in [0.1, 0.15) is 0 Å². The van der Waals surface area contributed by atoms with Gasteiger partial charge in [-0.3, -0.25) is 9.69 Å². The number of carbonyl (C=O) groups excluding carboxylic acids is 2. The summed E-state index contributed by atoms with van der Waals surface area (Å²) in [5.41, 5.74) is 0.671. The van der Waals surface area contributed by atoms with E-state index in [2.05, 4.69) is 26.6 Å². The second-order valence-corrected chi connectivity index (χ2v) is 4.57. The Kier molecular flexibility index (Phi) is 3.75. The Hall–Kier alpha value is -1.40. The molecule has 0 saturated carbocycles. The predicted octanol–water partition coefficient (Wildman–Crippen LogP) is 1.41. The number of hydrogen-bond acceptors (Lipinski definition) is 3. The van der Waals surface area contributed by atoms with Crippen LogP contribution in [0.15, 0.2) is 28.7 Å². The van der Waals surface area contributed by atoms with Crippen molar-refractivity contribution in [3.05, 3.63) is 28.7 Å². The van der Waals surface area contributed by atoms with Crippen LogP contribution >= 0.6 is 15.9 Å². The standard InChI is InChI=1S/C11H12BrN3O2/c12-8-1-3-9(4-2-8)14-11(17)15-6-5-13-7-10(15)16/h1-4,13H,5-7H2,(H,14,17). The van der Waals surface area contributed by atoms with Crippen LogP contribution in [0.5, 0.6) is 0 Å². The summed E-state index contributed by atoms with van der Waals surface area (Å²) in [6.07, 6.45) is 0. The number of rotatable bonds is 1. The van der Waals surface area contributed by atoms with Crippen LogP contribution < -0.4 is 10.6 Å². The van der Waals surface area contributed by atoms with Crippen molar-refractivity contribution in [2.45, 2.75) is 0 Å². The van der Waals surface area contributed by atoms with Gasteiger partial charge in [0.25, 0.3) is 0 Å². The van der Waals surface area contributed by atoms with Crippen molar-refractivity contribution in [3.8, 4) is 0 Å². The normalized spacial score (nSPS) is 15.8. The van der Waals surface area contributed by atoms with E-state index in [0.29, 0.717) is 18.8 Å². The number of urea groups is 1. The van der Waals surface area contributed by atoms with E-state index in [1.54, 1.807) is 12.1 Å². The summed E-state index contributed by atoms with van der Waals surface area (Å²) < 4.78 is 0.939. The zero-order valence-corrected chi connectivity index (χ0v) is 10.7. The Labute approximate surface area is 107 Å². The van der Waals surface area contributed by atoms with E-state index in [9.17, 15) is 9.59 Å². The summed E-state index contributed by atoms with van der Waals surface area (Å²) in [7, 11) is 0. The van der Waals surface area contributed by atoms with E-state index in [4.69, 9.17) is 0 Å². The number of benzene rings is 1. The Morgan fingerprint density at radius 3 is 2.71 bits per heavy atom. The van der Waals surface area contributed by atoms with Crippen LogP contribution in [-0.4, -0.2) is 36.5 Å². The number of amides is 3. The highest BCUT2D eigenvalue weighted by atomic mass is 79.9. The number of piperazine rings is 1. The maximum atomic E-state index is 11.8. The first-order valence-electron chi connectivity index (χ1n) is 5.24. The number of imide groups is 1.